The van der Waals surface area contributed by atoms with Crippen molar-refractivity contribution < 1.29 is 0 Å². The maximum atomic E-state index is 2.35. The molecule has 0 aromatic heterocycles. The van der Waals surface area contributed by atoms with Gasteiger partial charge in [-0.15, -0.1) is 0 Å². The van der Waals surface area contributed by atoms with Crippen molar-refractivity contribution in [3.8, 4) is 22.3 Å². The van der Waals surface area contributed by atoms with Crippen LogP contribution in [0.5, 0.6) is 0 Å². The fraction of sp³-hybridized carbons (Fsp3) is 0.217. The molecule has 23 heavy (non-hydrogen) atoms. The zero-order valence-corrected chi connectivity index (χ0v) is 13.8. The fourth-order valence-electron chi connectivity index (χ4n) is 2.99. The Labute approximate surface area is 139 Å². The molecule has 0 N–H and O–H groups in total. The van der Waals surface area contributed by atoms with E-state index in [-0.39, 0.29) is 0 Å². The van der Waals surface area contributed by atoms with Crippen LogP contribution in [0.1, 0.15) is 31.7 Å². The van der Waals surface area contributed by atoms with E-state index in [0.29, 0.717) is 0 Å². The second kappa shape index (κ2) is 7.78. The second-order valence-corrected chi connectivity index (χ2v) is 6.10. The van der Waals surface area contributed by atoms with Crippen LogP contribution in [-0.4, -0.2) is 0 Å². The van der Waals surface area contributed by atoms with Gasteiger partial charge in [0.2, 0.25) is 0 Å². The Bertz CT molecular complexity index is 741. The molecule has 0 atom stereocenters. The molecule has 0 saturated heterocycles. The zero-order chi connectivity index (χ0) is 15.9. The van der Waals surface area contributed by atoms with Crippen LogP contribution >= 0.6 is 0 Å². The molecule has 0 bridgehead atoms. The number of benzene rings is 3. The number of aryl methyl sites for hydroxylation is 1. The average molecular weight is 300 g/mol. The first kappa shape index (κ1) is 15.6. The third-order valence-corrected chi connectivity index (χ3v) is 4.30. The normalized spacial score (nSPS) is 10.7. The highest BCUT2D eigenvalue weighted by Crippen LogP contribution is 2.27. The second-order valence-electron chi connectivity index (χ2n) is 6.10. The van der Waals surface area contributed by atoms with Crippen molar-refractivity contribution in [2.45, 2.75) is 32.6 Å². The first-order valence-corrected chi connectivity index (χ1v) is 8.61. The van der Waals surface area contributed by atoms with Gasteiger partial charge in [0.25, 0.3) is 0 Å². The molecule has 0 nitrogen and oxygen atoms in total. The molecule has 3 rings (SSSR count). The van der Waals surface area contributed by atoms with Gasteiger partial charge in [0, 0.05) is 0 Å². The summed E-state index contributed by atoms with van der Waals surface area (Å²) >= 11 is 0. The lowest BCUT2D eigenvalue weighted by molar-refractivity contribution is 0.717. The number of hydrogen-bond donors (Lipinski definition) is 0. The van der Waals surface area contributed by atoms with Gasteiger partial charge in [-0.25, -0.2) is 0 Å². The zero-order valence-electron chi connectivity index (χ0n) is 13.8. The number of unbranched alkanes of at least 4 members (excludes halogenated alkanes) is 2. The smallest absolute Gasteiger partial charge is 0.0178 e. The highest BCUT2D eigenvalue weighted by Gasteiger charge is 2.02. The van der Waals surface area contributed by atoms with Crippen molar-refractivity contribution in [1.29, 1.82) is 0 Å². The lowest BCUT2D eigenvalue weighted by atomic mass is 9.97. The SMILES string of the molecule is CCCCCc1cccc(-c2cccc(-c3ccccc3)c2)c1. The van der Waals surface area contributed by atoms with E-state index in [4.69, 9.17) is 0 Å². The molecule has 0 saturated carbocycles. The number of hydrogen-bond acceptors (Lipinski definition) is 0. The maximum Gasteiger partial charge on any atom is -0.0178 e. The van der Waals surface area contributed by atoms with Crippen LogP contribution in [0.25, 0.3) is 22.3 Å². The predicted octanol–water partition coefficient (Wildman–Crippen LogP) is 6.75. The van der Waals surface area contributed by atoms with Crippen molar-refractivity contribution in [1.82, 2.24) is 0 Å². The Hall–Kier alpha value is -2.34. The van der Waals surface area contributed by atoms with E-state index in [1.165, 1.54) is 53.5 Å². The van der Waals surface area contributed by atoms with Gasteiger partial charge in [-0.1, -0.05) is 92.6 Å². The van der Waals surface area contributed by atoms with E-state index in [1.54, 1.807) is 0 Å². The molecule has 0 spiro atoms. The minimum atomic E-state index is 1.18. The highest BCUT2D eigenvalue weighted by molar-refractivity contribution is 5.73. The van der Waals surface area contributed by atoms with Gasteiger partial charge in [-0.05, 0) is 46.7 Å². The van der Waals surface area contributed by atoms with Crippen LogP contribution in [0, 0.1) is 0 Å². The van der Waals surface area contributed by atoms with Crippen LogP contribution in [0.3, 0.4) is 0 Å². The predicted molar refractivity (Wildman–Crippen MR) is 101 cm³/mol. The molecule has 0 fully saturated rings. The Morgan fingerprint density at radius 3 is 1.91 bits per heavy atom. The largest absolute Gasteiger partial charge is 0.0654 e. The average Bonchev–Trinajstić information content (AvgIpc) is 2.63. The van der Waals surface area contributed by atoms with Gasteiger partial charge >= 0.3 is 0 Å². The van der Waals surface area contributed by atoms with Crippen LogP contribution < -0.4 is 0 Å². The topological polar surface area (TPSA) is 0 Å². The first-order valence-electron chi connectivity index (χ1n) is 8.61. The summed E-state index contributed by atoms with van der Waals surface area (Å²) in [4.78, 5) is 0. The third kappa shape index (κ3) is 4.10. The molecule has 0 heteroatoms. The van der Waals surface area contributed by atoms with E-state index in [9.17, 15) is 0 Å². The van der Waals surface area contributed by atoms with Crippen molar-refractivity contribution in [2.75, 3.05) is 0 Å². The van der Waals surface area contributed by atoms with E-state index in [1.807, 2.05) is 0 Å². The van der Waals surface area contributed by atoms with Gasteiger partial charge in [0.1, 0.15) is 0 Å². The highest BCUT2D eigenvalue weighted by atomic mass is 14.1. The summed E-state index contributed by atoms with van der Waals surface area (Å²) in [6.45, 7) is 2.26. The molecule has 116 valence electrons. The Balaban J connectivity index is 1.86. The van der Waals surface area contributed by atoms with Crippen molar-refractivity contribution in [3.63, 3.8) is 0 Å². The molecule has 0 unspecified atom stereocenters. The molecule has 0 radical (unpaired) electrons. The molecule has 3 aromatic carbocycles. The molecule has 0 aliphatic heterocycles. The van der Waals surface area contributed by atoms with Crippen LogP contribution in [0.2, 0.25) is 0 Å². The summed E-state index contributed by atoms with van der Waals surface area (Å²) in [5.41, 5.74) is 6.61. The standard InChI is InChI=1S/C23H24/c1-2-3-5-10-19-11-8-14-21(17-19)23-16-9-15-22(18-23)20-12-6-4-7-13-20/h4,6-9,11-18H,2-3,5,10H2,1H3. The van der Waals surface area contributed by atoms with Gasteiger partial charge < -0.3 is 0 Å². The molecule has 3 aromatic rings. The monoisotopic (exact) mass is 300 g/mol. The Morgan fingerprint density at radius 2 is 1.17 bits per heavy atom. The maximum absolute atomic E-state index is 2.35. The van der Waals surface area contributed by atoms with Gasteiger partial charge in [-0.2, -0.15) is 0 Å². The lowest BCUT2D eigenvalue weighted by Crippen LogP contribution is -1.87. The molecule has 0 aliphatic rings. The quantitative estimate of drug-likeness (QED) is 0.441. The molecule has 0 heterocycles. The van der Waals surface area contributed by atoms with Crippen molar-refractivity contribution >= 4 is 0 Å². The molecule has 0 aliphatic carbocycles. The van der Waals surface area contributed by atoms with Gasteiger partial charge in [-0.3, -0.25) is 0 Å². The molecular formula is C23H24. The number of rotatable bonds is 6. The summed E-state index contributed by atoms with van der Waals surface area (Å²) in [6, 6.07) is 28.4. The third-order valence-electron chi connectivity index (χ3n) is 4.30. The van der Waals surface area contributed by atoms with E-state index in [0.717, 1.165) is 0 Å². The van der Waals surface area contributed by atoms with Crippen LogP contribution in [-0.2, 0) is 6.42 Å². The summed E-state index contributed by atoms with van der Waals surface area (Å²) < 4.78 is 0. The fourth-order valence-corrected chi connectivity index (χ4v) is 2.99. The van der Waals surface area contributed by atoms with E-state index < -0.39 is 0 Å². The summed E-state index contributed by atoms with van der Waals surface area (Å²) in [6.07, 6.45) is 5.05. The van der Waals surface area contributed by atoms with Gasteiger partial charge in [0.05, 0.1) is 0 Å². The van der Waals surface area contributed by atoms with Gasteiger partial charge in [0.15, 0.2) is 0 Å². The van der Waals surface area contributed by atoms with E-state index in [2.05, 4.69) is 85.8 Å². The van der Waals surface area contributed by atoms with Crippen molar-refractivity contribution in [3.05, 3.63) is 84.4 Å². The summed E-state index contributed by atoms with van der Waals surface area (Å²) in [7, 11) is 0. The minimum absolute atomic E-state index is 1.18. The summed E-state index contributed by atoms with van der Waals surface area (Å²) in [5, 5.41) is 0. The summed E-state index contributed by atoms with van der Waals surface area (Å²) in [5.74, 6) is 0. The first-order chi connectivity index (χ1) is 11.4. The molecular weight excluding hydrogens is 276 g/mol. The van der Waals surface area contributed by atoms with Crippen LogP contribution in [0.4, 0.5) is 0 Å². The Kier molecular flexibility index (Phi) is 5.26. The lowest BCUT2D eigenvalue weighted by Gasteiger charge is -2.08. The van der Waals surface area contributed by atoms with E-state index >= 15 is 0 Å². The Morgan fingerprint density at radius 1 is 0.565 bits per heavy atom. The van der Waals surface area contributed by atoms with Crippen LogP contribution in [0.15, 0.2) is 78.9 Å². The van der Waals surface area contributed by atoms with Crippen molar-refractivity contribution in [2.24, 2.45) is 0 Å². The molecule has 0 amide bonds. The minimum Gasteiger partial charge on any atom is -0.0654 e.